The maximum absolute atomic E-state index is 11.9. The van der Waals surface area contributed by atoms with Crippen molar-refractivity contribution < 1.29 is 9.53 Å². The van der Waals surface area contributed by atoms with Crippen LogP contribution < -0.4 is 11.1 Å². The lowest BCUT2D eigenvalue weighted by atomic mass is 10.0. The van der Waals surface area contributed by atoms with Gasteiger partial charge in [0.25, 0.3) is 0 Å². The van der Waals surface area contributed by atoms with Gasteiger partial charge in [0.2, 0.25) is 5.91 Å². The second-order valence-corrected chi connectivity index (χ2v) is 6.37. The quantitative estimate of drug-likeness (QED) is 0.742. The number of carbonyl (C=O) groups excluding carboxylic acids is 1. The van der Waals surface area contributed by atoms with Crippen molar-refractivity contribution in [1.82, 2.24) is 10.2 Å². The molecule has 0 unspecified atom stereocenters. The van der Waals surface area contributed by atoms with E-state index in [0.717, 1.165) is 32.7 Å². The van der Waals surface area contributed by atoms with Gasteiger partial charge in [-0.15, -0.1) is 0 Å². The summed E-state index contributed by atoms with van der Waals surface area (Å²) >= 11 is 0. The first-order valence-electron chi connectivity index (χ1n) is 7.19. The fourth-order valence-corrected chi connectivity index (χ4v) is 2.33. The number of carbonyl (C=O) groups is 1. The van der Waals surface area contributed by atoms with Gasteiger partial charge in [-0.3, -0.25) is 9.69 Å². The highest BCUT2D eigenvalue weighted by Crippen LogP contribution is 2.15. The average Bonchev–Trinajstić information content (AvgIpc) is 2.36. The molecule has 0 aliphatic carbocycles. The van der Waals surface area contributed by atoms with E-state index < -0.39 is 6.04 Å². The summed E-state index contributed by atoms with van der Waals surface area (Å²) in [6.07, 6.45) is 0.726. The lowest BCUT2D eigenvalue weighted by Crippen LogP contribution is -2.56. The first kappa shape index (κ1) is 16.4. The van der Waals surface area contributed by atoms with Crippen LogP contribution in [0.25, 0.3) is 0 Å². The van der Waals surface area contributed by atoms with Crippen molar-refractivity contribution in [2.24, 2.45) is 11.7 Å². The van der Waals surface area contributed by atoms with Crippen LogP contribution in [-0.4, -0.2) is 55.2 Å². The number of morpholine rings is 1. The molecule has 0 aromatic carbocycles. The Hall–Kier alpha value is -0.650. The Bertz CT molecular complexity index is 286. The van der Waals surface area contributed by atoms with Gasteiger partial charge in [-0.1, -0.05) is 13.8 Å². The van der Waals surface area contributed by atoms with Crippen LogP contribution in [-0.2, 0) is 9.53 Å². The van der Waals surface area contributed by atoms with E-state index in [0.29, 0.717) is 12.5 Å². The normalized spacial score (nSPS) is 19.5. The molecule has 19 heavy (non-hydrogen) atoms. The molecule has 0 aromatic rings. The molecular formula is C14H29N3O2. The van der Waals surface area contributed by atoms with Crippen LogP contribution in [0.2, 0.25) is 0 Å². The van der Waals surface area contributed by atoms with Crippen LogP contribution in [0.15, 0.2) is 0 Å². The van der Waals surface area contributed by atoms with Crippen molar-refractivity contribution in [1.29, 1.82) is 0 Å². The maximum Gasteiger partial charge on any atom is 0.236 e. The number of nitrogens with one attached hydrogen (secondary N) is 1. The molecule has 1 saturated heterocycles. The van der Waals surface area contributed by atoms with E-state index in [4.69, 9.17) is 10.5 Å². The summed E-state index contributed by atoms with van der Waals surface area (Å²) in [5.74, 6) is 0.392. The molecule has 5 nitrogen and oxygen atoms in total. The predicted molar refractivity (Wildman–Crippen MR) is 76.9 cm³/mol. The third-order valence-electron chi connectivity index (χ3n) is 3.62. The first-order chi connectivity index (χ1) is 8.83. The standard InChI is InChI=1S/C14H29N3O2/c1-11(2)9-12(15)13(18)16-10-14(3,4)17-5-7-19-8-6-17/h11-12H,5-10,15H2,1-4H3,(H,16,18)/t12-/m0/s1. The Labute approximate surface area is 116 Å². The molecule has 1 atom stereocenters. The molecule has 0 saturated carbocycles. The summed E-state index contributed by atoms with van der Waals surface area (Å²) in [6, 6.07) is -0.402. The largest absolute Gasteiger partial charge is 0.379 e. The Morgan fingerprint density at radius 2 is 1.95 bits per heavy atom. The Morgan fingerprint density at radius 3 is 2.47 bits per heavy atom. The van der Waals surface area contributed by atoms with Gasteiger partial charge in [-0.25, -0.2) is 0 Å². The SMILES string of the molecule is CC(C)C[C@H](N)C(=O)NCC(C)(C)N1CCOCC1. The highest BCUT2D eigenvalue weighted by Gasteiger charge is 2.29. The van der Waals surface area contributed by atoms with Gasteiger partial charge in [-0.2, -0.15) is 0 Å². The summed E-state index contributed by atoms with van der Waals surface area (Å²) in [5.41, 5.74) is 5.82. The first-order valence-corrected chi connectivity index (χ1v) is 7.19. The fraction of sp³-hybridized carbons (Fsp3) is 0.929. The average molecular weight is 271 g/mol. The summed E-state index contributed by atoms with van der Waals surface area (Å²) in [4.78, 5) is 14.3. The van der Waals surface area contributed by atoms with Crippen molar-refractivity contribution in [3.05, 3.63) is 0 Å². The van der Waals surface area contributed by atoms with Gasteiger partial charge in [0.1, 0.15) is 0 Å². The van der Waals surface area contributed by atoms with E-state index in [2.05, 4.69) is 37.9 Å². The monoisotopic (exact) mass is 271 g/mol. The smallest absolute Gasteiger partial charge is 0.236 e. The van der Waals surface area contributed by atoms with Gasteiger partial charge in [0.05, 0.1) is 19.3 Å². The summed E-state index contributed by atoms with van der Waals surface area (Å²) in [7, 11) is 0. The number of nitrogens with two attached hydrogens (primary N) is 1. The van der Waals surface area contributed by atoms with Crippen molar-refractivity contribution in [2.45, 2.75) is 45.7 Å². The molecule has 1 aliphatic rings. The van der Waals surface area contributed by atoms with E-state index in [-0.39, 0.29) is 11.4 Å². The second kappa shape index (κ2) is 7.22. The van der Waals surface area contributed by atoms with E-state index >= 15 is 0 Å². The number of ether oxygens (including phenoxy) is 1. The van der Waals surface area contributed by atoms with Crippen LogP contribution in [0.5, 0.6) is 0 Å². The predicted octanol–water partition coefficient (Wildman–Crippen LogP) is 0.587. The number of rotatable bonds is 6. The highest BCUT2D eigenvalue weighted by molar-refractivity contribution is 5.81. The number of nitrogens with zero attached hydrogens (tertiary/aromatic N) is 1. The third kappa shape index (κ3) is 5.47. The minimum absolute atomic E-state index is 0.0463. The lowest BCUT2D eigenvalue weighted by molar-refractivity contribution is -0.123. The molecule has 3 N–H and O–H groups in total. The molecule has 0 radical (unpaired) electrons. The minimum atomic E-state index is -0.402. The molecule has 1 amide bonds. The van der Waals surface area contributed by atoms with E-state index in [1.54, 1.807) is 0 Å². The second-order valence-electron chi connectivity index (χ2n) is 6.37. The highest BCUT2D eigenvalue weighted by atomic mass is 16.5. The molecule has 1 fully saturated rings. The molecule has 0 bridgehead atoms. The van der Waals surface area contributed by atoms with Crippen molar-refractivity contribution in [3.8, 4) is 0 Å². The molecule has 1 heterocycles. The van der Waals surface area contributed by atoms with Crippen molar-refractivity contribution in [2.75, 3.05) is 32.8 Å². The topological polar surface area (TPSA) is 67.6 Å². The van der Waals surface area contributed by atoms with Crippen LogP contribution in [0.1, 0.15) is 34.1 Å². The third-order valence-corrected chi connectivity index (χ3v) is 3.62. The lowest BCUT2D eigenvalue weighted by Gasteiger charge is -2.41. The summed E-state index contributed by atoms with van der Waals surface area (Å²) < 4.78 is 5.35. The molecular weight excluding hydrogens is 242 g/mol. The zero-order chi connectivity index (χ0) is 14.5. The molecule has 0 aromatic heterocycles. The van der Waals surface area contributed by atoms with Gasteiger partial charge in [-0.05, 0) is 26.2 Å². The van der Waals surface area contributed by atoms with Crippen LogP contribution >= 0.6 is 0 Å². The van der Waals surface area contributed by atoms with E-state index in [1.165, 1.54) is 0 Å². The zero-order valence-corrected chi connectivity index (χ0v) is 12.7. The summed E-state index contributed by atoms with van der Waals surface area (Å²) in [5, 5.41) is 2.98. The van der Waals surface area contributed by atoms with Gasteiger partial charge >= 0.3 is 0 Å². The number of hydrogen-bond acceptors (Lipinski definition) is 4. The van der Waals surface area contributed by atoms with E-state index in [9.17, 15) is 4.79 Å². The number of amides is 1. The van der Waals surface area contributed by atoms with Gasteiger partial charge in [0, 0.05) is 25.2 Å². The zero-order valence-electron chi connectivity index (χ0n) is 12.7. The fourth-order valence-electron chi connectivity index (χ4n) is 2.33. The molecule has 0 spiro atoms. The van der Waals surface area contributed by atoms with Gasteiger partial charge < -0.3 is 15.8 Å². The van der Waals surface area contributed by atoms with Crippen LogP contribution in [0.3, 0.4) is 0 Å². The van der Waals surface area contributed by atoms with Crippen LogP contribution in [0, 0.1) is 5.92 Å². The van der Waals surface area contributed by atoms with Crippen LogP contribution in [0.4, 0.5) is 0 Å². The maximum atomic E-state index is 11.9. The molecule has 1 aliphatic heterocycles. The van der Waals surface area contributed by atoms with E-state index in [1.807, 2.05) is 0 Å². The molecule has 1 rings (SSSR count). The molecule has 112 valence electrons. The van der Waals surface area contributed by atoms with Crippen molar-refractivity contribution in [3.63, 3.8) is 0 Å². The van der Waals surface area contributed by atoms with Crippen molar-refractivity contribution >= 4 is 5.91 Å². The Balaban J connectivity index is 2.39. The van der Waals surface area contributed by atoms with Gasteiger partial charge in [0.15, 0.2) is 0 Å². The summed E-state index contributed by atoms with van der Waals surface area (Å²) in [6.45, 7) is 12.4. The Morgan fingerprint density at radius 1 is 1.37 bits per heavy atom. The molecule has 5 heteroatoms. The number of hydrogen-bond donors (Lipinski definition) is 2. The minimum Gasteiger partial charge on any atom is -0.379 e. The Kier molecular flexibility index (Phi) is 6.23.